The first-order chi connectivity index (χ1) is 11.7. The molecule has 0 N–H and O–H groups in total. The number of carbonyl (C=O) groups excluding carboxylic acids is 1. The van der Waals surface area contributed by atoms with Crippen molar-refractivity contribution in [2.45, 2.75) is 13.3 Å². The molecule has 0 aliphatic heterocycles. The molecule has 2 aromatic heterocycles. The Morgan fingerprint density at radius 3 is 2.38 bits per heavy atom. The van der Waals surface area contributed by atoms with E-state index >= 15 is 0 Å². The average Bonchev–Trinajstić information content (AvgIpc) is 2.62. The van der Waals surface area contributed by atoms with Crippen LogP contribution in [0.15, 0.2) is 66.9 Å². The highest BCUT2D eigenvalue weighted by Crippen LogP contribution is 2.22. The van der Waals surface area contributed by atoms with Crippen LogP contribution in [0, 0.1) is 6.92 Å². The molecule has 0 amide bonds. The van der Waals surface area contributed by atoms with Crippen LogP contribution >= 0.6 is 0 Å². The minimum absolute atomic E-state index is 0.0787. The van der Waals surface area contributed by atoms with Crippen molar-refractivity contribution in [2.24, 2.45) is 0 Å². The van der Waals surface area contributed by atoms with Crippen molar-refractivity contribution in [3.8, 4) is 0 Å². The molecule has 0 spiro atoms. The number of fused-ring (bicyclic) bond motifs is 3. The van der Waals surface area contributed by atoms with Crippen LogP contribution in [0.2, 0.25) is 0 Å². The largest absolute Gasteiger partial charge is 0.294 e. The van der Waals surface area contributed by atoms with E-state index in [1.807, 2.05) is 67.6 Å². The molecule has 0 saturated carbocycles. The van der Waals surface area contributed by atoms with Crippen LogP contribution in [0.1, 0.15) is 21.6 Å². The SMILES string of the molecule is Cc1ccc(C(=O)Cc2ccc3ccc4cccnc4c3n2)cc1. The van der Waals surface area contributed by atoms with Gasteiger partial charge in [-0.15, -0.1) is 0 Å². The van der Waals surface area contributed by atoms with Gasteiger partial charge >= 0.3 is 0 Å². The zero-order valence-electron chi connectivity index (χ0n) is 13.4. The summed E-state index contributed by atoms with van der Waals surface area (Å²) in [5.74, 6) is 0.0787. The first-order valence-electron chi connectivity index (χ1n) is 7.94. The van der Waals surface area contributed by atoms with Crippen LogP contribution in [0.4, 0.5) is 0 Å². The van der Waals surface area contributed by atoms with E-state index in [2.05, 4.69) is 4.98 Å². The van der Waals surface area contributed by atoms with Crippen LogP contribution in [0.25, 0.3) is 21.8 Å². The van der Waals surface area contributed by atoms with Gasteiger partial charge < -0.3 is 0 Å². The maximum Gasteiger partial charge on any atom is 0.168 e. The lowest BCUT2D eigenvalue weighted by Crippen LogP contribution is -2.05. The van der Waals surface area contributed by atoms with Gasteiger partial charge in [0.05, 0.1) is 17.5 Å². The van der Waals surface area contributed by atoms with Crippen molar-refractivity contribution in [3.05, 3.63) is 83.7 Å². The Morgan fingerprint density at radius 1 is 0.875 bits per heavy atom. The Kier molecular flexibility index (Phi) is 3.54. The normalized spacial score (nSPS) is 11.0. The summed E-state index contributed by atoms with van der Waals surface area (Å²) in [4.78, 5) is 21.6. The van der Waals surface area contributed by atoms with E-state index in [9.17, 15) is 4.79 Å². The van der Waals surface area contributed by atoms with E-state index in [-0.39, 0.29) is 5.78 Å². The standard InChI is InChI=1S/C21H16N2O/c1-14-4-6-15(7-5-14)19(24)13-18-11-10-17-9-8-16-3-2-12-22-20(16)21(17)23-18/h2-12H,13H2,1H3. The Balaban J connectivity index is 1.73. The second kappa shape index (κ2) is 5.85. The Bertz CT molecular complexity index is 1050. The monoisotopic (exact) mass is 312 g/mol. The van der Waals surface area contributed by atoms with Crippen LogP contribution < -0.4 is 0 Å². The van der Waals surface area contributed by atoms with Gasteiger partial charge in [-0.25, -0.2) is 0 Å². The molecule has 3 nitrogen and oxygen atoms in total. The van der Waals surface area contributed by atoms with Crippen LogP contribution in [-0.4, -0.2) is 15.8 Å². The Hall–Kier alpha value is -3.07. The van der Waals surface area contributed by atoms with E-state index in [1.165, 1.54) is 0 Å². The molecule has 4 rings (SSSR count). The summed E-state index contributed by atoms with van der Waals surface area (Å²) in [5.41, 5.74) is 4.36. The van der Waals surface area contributed by atoms with Crippen LogP contribution in [0.5, 0.6) is 0 Å². The highest BCUT2D eigenvalue weighted by molar-refractivity contribution is 6.03. The number of ketones is 1. The summed E-state index contributed by atoms with van der Waals surface area (Å²) < 4.78 is 0. The highest BCUT2D eigenvalue weighted by atomic mass is 16.1. The van der Waals surface area contributed by atoms with Crippen LogP contribution in [-0.2, 0) is 6.42 Å². The molecule has 2 heterocycles. The second-order valence-corrected chi connectivity index (χ2v) is 5.98. The molecule has 0 atom stereocenters. The maximum absolute atomic E-state index is 12.5. The molecular formula is C21H16N2O. The van der Waals surface area contributed by atoms with Crippen molar-refractivity contribution < 1.29 is 4.79 Å². The third-order valence-corrected chi connectivity index (χ3v) is 4.21. The summed E-state index contributed by atoms with van der Waals surface area (Å²) in [6, 6.07) is 19.6. The number of aromatic nitrogens is 2. The number of benzene rings is 2. The molecule has 0 fully saturated rings. The van der Waals surface area contributed by atoms with Gasteiger partial charge in [0.1, 0.15) is 0 Å². The van der Waals surface area contributed by atoms with Gasteiger partial charge in [-0.2, -0.15) is 0 Å². The first kappa shape index (κ1) is 14.5. The molecule has 24 heavy (non-hydrogen) atoms. The lowest BCUT2D eigenvalue weighted by Gasteiger charge is -2.06. The van der Waals surface area contributed by atoms with E-state index in [4.69, 9.17) is 4.98 Å². The molecule has 2 aromatic carbocycles. The van der Waals surface area contributed by atoms with E-state index in [0.717, 1.165) is 38.6 Å². The topological polar surface area (TPSA) is 42.9 Å². The van der Waals surface area contributed by atoms with Crippen molar-refractivity contribution in [1.82, 2.24) is 9.97 Å². The number of hydrogen-bond acceptors (Lipinski definition) is 3. The number of aryl methyl sites for hydroxylation is 1. The number of hydrogen-bond donors (Lipinski definition) is 0. The molecule has 0 radical (unpaired) electrons. The predicted octanol–water partition coefficient (Wildman–Crippen LogP) is 4.52. The minimum Gasteiger partial charge on any atom is -0.294 e. The third-order valence-electron chi connectivity index (χ3n) is 4.21. The Morgan fingerprint density at radius 2 is 1.58 bits per heavy atom. The maximum atomic E-state index is 12.5. The fourth-order valence-electron chi connectivity index (χ4n) is 2.87. The van der Waals surface area contributed by atoms with Gasteiger partial charge in [0.2, 0.25) is 0 Å². The van der Waals surface area contributed by atoms with Crippen molar-refractivity contribution in [3.63, 3.8) is 0 Å². The van der Waals surface area contributed by atoms with Gasteiger partial charge in [-0.3, -0.25) is 14.8 Å². The zero-order valence-corrected chi connectivity index (χ0v) is 13.4. The highest BCUT2D eigenvalue weighted by Gasteiger charge is 2.10. The van der Waals surface area contributed by atoms with Crippen molar-refractivity contribution >= 4 is 27.6 Å². The van der Waals surface area contributed by atoms with Crippen LogP contribution in [0.3, 0.4) is 0 Å². The van der Waals surface area contributed by atoms with Crippen molar-refractivity contribution in [1.29, 1.82) is 0 Å². The fourth-order valence-corrected chi connectivity index (χ4v) is 2.87. The molecule has 3 heteroatoms. The quantitative estimate of drug-likeness (QED) is 0.413. The average molecular weight is 312 g/mol. The number of rotatable bonds is 3. The van der Waals surface area contributed by atoms with Gasteiger partial charge in [0.15, 0.2) is 5.78 Å². The van der Waals surface area contributed by atoms with Gasteiger partial charge in [0.25, 0.3) is 0 Å². The predicted molar refractivity (Wildman–Crippen MR) is 96.3 cm³/mol. The molecule has 0 aliphatic rings. The van der Waals surface area contributed by atoms with E-state index < -0.39 is 0 Å². The molecular weight excluding hydrogens is 296 g/mol. The Labute approximate surface area is 140 Å². The smallest absolute Gasteiger partial charge is 0.168 e. The summed E-state index contributed by atoms with van der Waals surface area (Å²) in [6.45, 7) is 2.01. The lowest BCUT2D eigenvalue weighted by molar-refractivity contribution is 0.0992. The van der Waals surface area contributed by atoms with Gasteiger partial charge in [0, 0.05) is 28.2 Å². The zero-order chi connectivity index (χ0) is 16.5. The van der Waals surface area contributed by atoms with Crippen molar-refractivity contribution in [2.75, 3.05) is 0 Å². The number of Topliss-reactive ketones (excluding diaryl/α,β-unsaturated/α-hetero) is 1. The van der Waals surface area contributed by atoms with Gasteiger partial charge in [-0.1, -0.05) is 54.1 Å². The first-order valence-corrected chi connectivity index (χ1v) is 7.94. The molecule has 4 aromatic rings. The number of nitrogens with zero attached hydrogens (tertiary/aromatic N) is 2. The summed E-state index contributed by atoms with van der Waals surface area (Å²) >= 11 is 0. The summed E-state index contributed by atoms with van der Waals surface area (Å²) in [7, 11) is 0. The van der Waals surface area contributed by atoms with E-state index in [1.54, 1.807) is 6.20 Å². The third kappa shape index (κ3) is 2.65. The molecule has 0 unspecified atom stereocenters. The lowest BCUT2D eigenvalue weighted by atomic mass is 10.0. The molecule has 0 bridgehead atoms. The van der Waals surface area contributed by atoms with Gasteiger partial charge in [-0.05, 0) is 19.1 Å². The molecule has 0 aliphatic carbocycles. The fraction of sp³-hybridized carbons (Fsp3) is 0.0952. The second-order valence-electron chi connectivity index (χ2n) is 5.98. The van der Waals surface area contributed by atoms with E-state index in [0.29, 0.717) is 6.42 Å². The summed E-state index contributed by atoms with van der Waals surface area (Å²) in [6.07, 6.45) is 2.07. The molecule has 0 saturated heterocycles. The summed E-state index contributed by atoms with van der Waals surface area (Å²) in [5, 5.41) is 2.09. The number of carbonyl (C=O) groups is 1. The number of pyridine rings is 2. The minimum atomic E-state index is 0.0787. The molecule has 116 valence electrons.